The molecule has 0 saturated carbocycles. The van der Waals surface area contributed by atoms with Gasteiger partial charge in [-0.25, -0.2) is 4.98 Å². The molecule has 28 heavy (non-hydrogen) atoms. The number of rotatable bonds is 4. The first-order valence-corrected chi connectivity index (χ1v) is 9.39. The molecular weight excluding hydrogens is 371 g/mol. The van der Waals surface area contributed by atoms with Crippen LogP contribution in [0, 0.1) is 5.92 Å². The number of ether oxygens (including phenoxy) is 1. The molecule has 5 nitrogen and oxygen atoms in total. The van der Waals surface area contributed by atoms with Crippen molar-refractivity contribution < 1.29 is 22.7 Å². The van der Waals surface area contributed by atoms with Crippen LogP contribution < -0.4 is 4.90 Å². The van der Waals surface area contributed by atoms with Crippen molar-refractivity contribution in [1.29, 1.82) is 0 Å². The van der Waals surface area contributed by atoms with E-state index < -0.39 is 17.3 Å². The highest BCUT2D eigenvalue weighted by molar-refractivity contribution is 6.01. The molecule has 1 aromatic carbocycles. The number of imidazole rings is 1. The van der Waals surface area contributed by atoms with Gasteiger partial charge in [-0.3, -0.25) is 9.69 Å². The lowest BCUT2D eigenvalue weighted by Gasteiger charge is -2.28. The smallest absolute Gasteiger partial charge is 0.381 e. The summed E-state index contributed by atoms with van der Waals surface area (Å²) in [6.45, 7) is 3.69. The average molecular weight is 393 g/mol. The van der Waals surface area contributed by atoms with Crippen LogP contribution in [0.1, 0.15) is 30.9 Å². The third kappa shape index (κ3) is 3.30. The summed E-state index contributed by atoms with van der Waals surface area (Å²) in [5.41, 5.74) is -1.23. The number of nitrogens with zero attached hydrogens (tertiary/aromatic N) is 3. The van der Waals surface area contributed by atoms with Crippen molar-refractivity contribution in [1.82, 2.24) is 9.55 Å². The molecule has 1 aromatic heterocycles. The lowest BCUT2D eigenvalue weighted by atomic mass is 9.91. The number of anilines is 1. The summed E-state index contributed by atoms with van der Waals surface area (Å²) in [6.07, 6.45) is 0.882. The number of hydrogen-bond acceptors (Lipinski definition) is 3. The lowest BCUT2D eigenvalue weighted by molar-refractivity contribution is -0.137. The van der Waals surface area contributed by atoms with E-state index in [9.17, 15) is 18.0 Å². The maximum absolute atomic E-state index is 13.3. The molecule has 0 bridgehead atoms. The molecule has 1 fully saturated rings. The van der Waals surface area contributed by atoms with Crippen LogP contribution in [0.5, 0.6) is 0 Å². The highest BCUT2D eigenvalue weighted by Gasteiger charge is 2.48. The maximum atomic E-state index is 13.3. The molecule has 1 amide bonds. The highest BCUT2D eigenvalue weighted by Crippen LogP contribution is 2.38. The Kier molecular flexibility index (Phi) is 4.69. The average Bonchev–Trinajstić information content (AvgIpc) is 3.21. The first-order valence-electron chi connectivity index (χ1n) is 9.39. The standard InChI is InChI=1S/C20H22F3N3O2/c1-19(12-15-3-2-4-16(11-15)20(21,22)23)17(27)25(18-24-7-8-26(18)19)13-14-5-9-28-10-6-14/h2-4,7-8,11,14H,5-6,9-10,12-13H2,1H3. The van der Waals surface area contributed by atoms with Gasteiger partial charge >= 0.3 is 6.18 Å². The molecule has 0 N–H and O–H groups in total. The van der Waals surface area contributed by atoms with Gasteiger partial charge < -0.3 is 9.30 Å². The second kappa shape index (κ2) is 6.92. The maximum Gasteiger partial charge on any atom is 0.416 e. The first kappa shape index (κ1) is 19.0. The summed E-state index contributed by atoms with van der Waals surface area (Å²) < 4.78 is 46.4. The minimum absolute atomic E-state index is 0.125. The molecule has 150 valence electrons. The molecule has 1 saturated heterocycles. The largest absolute Gasteiger partial charge is 0.416 e. The van der Waals surface area contributed by atoms with Crippen LogP contribution in [-0.4, -0.2) is 35.2 Å². The van der Waals surface area contributed by atoms with E-state index in [0.717, 1.165) is 25.0 Å². The molecule has 2 aliphatic heterocycles. The van der Waals surface area contributed by atoms with Crippen molar-refractivity contribution in [2.75, 3.05) is 24.7 Å². The molecule has 1 atom stereocenters. The van der Waals surface area contributed by atoms with Crippen LogP contribution in [0.4, 0.5) is 19.1 Å². The van der Waals surface area contributed by atoms with Gasteiger partial charge in [0.1, 0.15) is 5.54 Å². The van der Waals surface area contributed by atoms with E-state index in [1.165, 1.54) is 6.07 Å². The van der Waals surface area contributed by atoms with E-state index in [2.05, 4.69) is 4.98 Å². The fourth-order valence-corrected chi connectivity index (χ4v) is 4.13. The molecule has 2 aromatic rings. The number of carbonyl (C=O) groups is 1. The van der Waals surface area contributed by atoms with Gasteiger partial charge in [-0.1, -0.05) is 18.2 Å². The number of alkyl halides is 3. The molecule has 0 radical (unpaired) electrons. The van der Waals surface area contributed by atoms with Crippen LogP contribution >= 0.6 is 0 Å². The van der Waals surface area contributed by atoms with E-state index >= 15 is 0 Å². The molecule has 3 heterocycles. The predicted octanol–water partition coefficient (Wildman–Crippen LogP) is 3.63. The Hall–Kier alpha value is -2.35. The zero-order valence-corrected chi connectivity index (χ0v) is 15.6. The number of aromatic nitrogens is 2. The fraction of sp³-hybridized carbons (Fsp3) is 0.500. The Morgan fingerprint density at radius 2 is 2.04 bits per heavy atom. The summed E-state index contributed by atoms with van der Waals surface area (Å²) in [7, 11) is 0. The summed E-state index contributed by atoms with van der Waals surface area (Å²) in [5.74, 6) is 0.768. The molecule has 8 heteroatoms. The van der Waals surface area contributed by atoms with E-state index in [4.69, 9.17) is 4.74 Å². The summed E-state index contributed by atoms with van der Waals surface area (Å²) in [6, 6.07) is 5.18. The second-order valence-corrected chi connectivity index (χ2v) is 7.72. The van der Waals surface area contributed by atoms with Gasteiger partial charge in [-0.15, -0.1) is 0 Å². The van der Waals surface area contributed by atoms with Gasteiger partial charge in [-0.2, -0.15) is 13.2 Å². The zero-order chi connectivity index (χ0) is 19.9. The number of halogens is 3. The molecule has 0 spiro atoms. The van der Waals surface area contributed by atoms with E-state index in [1.54, 1.807) is 34.9 Å². The number of amides is 1. The number of carbonyl (C=O) groups excluding carboxylic acids is 1. The summed E-state index contributed by atoms with van der Waals surface area (Å²) >= 11 is 0. The van der Waals surface area contributed by atoms with Gasteiger partial charge in [0.2, 0.25) is 5.95 Å². The Labute approximate surface area is 161 Å². The topological polar surface area (TPSA) is 47.4 Å². The van der Waals surface area contributed by atoms with Crippen LogP contribution in [0.25, 0.3) is 0 Å². The van der Waals surface area contributed by atoms with Crippen molar-refractivity contribution in [3.05, 3.63) is 47.8 Å². The Morgan fingerprint density at radius 1 is 1.29 bits per heavy atom. The Balaban J connectivity index is 1.61. The van der Waals surface area contributed by atoms with Crippen LogP contribution in [0.2, 0.25) is 0 Å². The molecule has 1 unspecified atom stereocenters. The van der Waals surface area contributed by atoms with E-state index in [-0.39, 0.29) is 12.3 Å². The van der Waals surface area contributed by atoms with Gasteiger partial charge in [0.25, 0.3) is 5.91 Å². The van der Waals surface area contributed by atoms with Gasteiger partial charge in [-0.05, 0) is 37.3 Å². The van der Waals surface area contributed by atoms with E-state index in [0.29, 0.717) is 37.2 Å². The lowest BCUT2D eigenvalue weighted by Crippen LogP contribution is -2.44. The van der Waals surface area contributed by atoms with Crippen molar-refractivity contribution in [3.8, 4) is 0 Å². The Bertz CT molecular complexity index is 874. The third-order valence-electron chi connectivity index (χ3n) is 5.68. The molecular formula is C20H22F3N3O2. The number of hydrogen-bond donors (Lipinski definition) is 0. The molecule has 2 aliphatic rings. The zero-order valence-electron chi connectivity index (χ0n) is 15.6. The Morgan fingerprint density at radius 3 is 2.75 bits per heavy atom. The number of fused-ring (bicyclic) bond motifs is 1. The first-order chi connectivity index (χ1) is 13.3. The number of benzene rings is 1. The monoisotopic (exact) mass is 393 g/mol. The molecule has 4 rings (SSSR count). The van der Waals surface area contributed by atoms with Gasteiger partial charge in [0.05, 0.1) is 5.56 Å². The highest BCUT2D eigenvalue weighted by atomic mass is 19.4. The predicted molar refractivity (Wildman–Crippen MR) is 96.9 cm³/mol. The fourth-order valence-electron chi connectivity index (χ4n) is 4.13. The van der Waals surface area contributed by atoms with E-state index in [1.807, 2.05) is 0 Å². The van der Waals surface area contributed by atoms with Crippen molar-refractivity contribution >= 4 is 11.9 Å². The molecule has 0 aliphatic carbocycles. The van der Waals surface area contributed by atoms with Gasteiger partial charge in [0, 0.05) is 38.6 Å². The van der Waals surface area contributed by atoms with Crippen LogP contribution in [0.15, 0.2) is 36.7 Å². The third-order valence-corrected chi connectivity index (χ3v) is 5.68. The minimum Gasteiger partial charge on any atom is -0.381 e. The van der Waals surface area contributed by atoms with Crippen LogP contribution in [0.3, 0.4) is 0 Å². The quantitative estimate of drug-likeness (QED) is 0.797. The van der Waals surface area contributed by atoms with Crippen molar-refractivity contribution in [2.24, 2.45) is 5.92 Å². The summed E-state index contributed by atoms with van der Waals surface area (Å²) in [5, 5.41) is 0. The summed E-state index contributed by atoms with van der Waals surface area (Å²) in [4.78, 5) is 19.3. The second-order valence-electron chi connectivity index (χ2n) is 7.72. The normalized spacial score (nSPS) is 23.3. The van der Waals surface area contributed by atoms with Crippen LogP contribution in [-0.2, 0) is 27.7 Å². The van der Waals surface area contributed by atoms with Gasteiger partial charge in [0.15, 0.2) is 0 Å². The minimum atomic E-state index is -4.41. The van der Waals surface area contributed by atoms with Crippen molar-refractivity contribution in [2.45, 2.75) is 37.9 Å². The van der Waals surface area contributed by atoms with Crippen molar-refractivity contribution in [3.63, 3.8) is 0 Å². The SMILES string of the molecule is CC1(Cc2cccc(C(F)(F)F)c2)C(=O)N(CC2CCOCC2)c2nccn21.